The average Bonchev–Trinajstić information content (AvgIpc) is 3.47. The first-order valence-corrected chi connectivity index (χ1v) is 10.5. The van der Waals surface area contributed by atoms with Gasteiger partial charge >= 0.3 is 6.18 Å². The van der Waals surface area contributed by atoms with Gasteiger partial charge in [-0.1, -0.05) is 19.1 Å². The topological polar surface area (TPSA) is 85.8 Å². The largest absolute Gasteiger partial charge is 0.497 e. The van der Waals surface area contributed by atoms with Crippen LogP contribution in [0.25, 0.3) is 22.1 Å². The van der Waals surface area contributed by atoms with Crippen molar-refractivity contribution in [1.29, 1.82) is 0 Å². The van der Waals surface area contributed by atoms with Gasteiger partial charge in [0.25, 0.3) is 0 Å². The van der Waals surface area contributed by atoms with Crippen molar-refractivity contribution in [2.75, 3.05) is 7.11 Å². The summed E-state index contributed by atoms with van der Waals surface area (Å²) < 4.78 is 50.0. The van der Waals surface area contributed by atoms with Crippen LogP contribution in [-0.2, 0) is 19.2 Å². The van der Waals surface area contributed by atoms with E-state index < -0.39 is 11.9 Å². The summed E-state index contributed by atoms with van der Waals surface area (Å²) in [6.07, 6.45) is -2.26. The minimum absolute atomic E-state index is 0.0509. The molecule has 0 radical (unpaired) electrons. The van der Waals surface area contributed by atoms with Crippen molar-refractivity contribution >= 4 is 11.3 Å². The maximum absolute atomic E-state index is 13.0. The van der Waals surface area contributed by atoms with Gasteiger partial charge in [0.05, 0.1) is 19.0 Å². The molecule has 0 aliphatic rings. The molecule has 4 rings (SSSR count). The van der Waals surface area contributed by atoms with Crippen molar-refractivity contribution in [3.8, 4) is 33.7 Å². The highest BCUT2D eigenvalue weighted by Gasteiger charge is 2.34. The molecule has 32 heavy (non-hydrogen) atoms. The number of halogens is 3. The summed E-state index contributed by atoms with van der Waals surface area (Å²) in [7, 11) is 1.58. The predicted octanol–water partition coefficient (Wildman–Crippen LogP) is 5.16. The Morgan fingerprint density at radius 2 is 1.88 bits per heavy atom. The number of H-pyrrole nitrogens is 1. The van der Waals surface area contributed by atoms with Crippen molar-refractivity contribution in [3.05, 3.63) is 58.9 Å². The van der Waals surface area contributed by atoms with Crippen LogP contribution in [0.2, 0.25) is 0 Å². The number of hydrogen-bond acceptors (Lipinski definition) is 7. The number of rotatable bonds is 7. The molecular formula is C21H18F3N5O2S. The highest BCUT2D eigenvalue weighted by Crippen LogP contribution is 2.34. The first-order valence-electron chi connectivity index (χ1n) is 9.58. The second-order valence-corrected chi connectivity index (χ2v) is 7.56. The van der Waals surface area contributed by atoms with Crippen LogP contribution in [0.5, 0.6) is 11.6 Å². The van der Waals surface area contributed by atoms with Crippen LogP contribution in [0.15, 0.2) is 41.9 Å². The van der Waals surface area contributed by atoms with Gasteiger partial charge in [-0.05, 0) is 24.1 Å². The number of benzene rings is 1. The fraction of sp³-hybridized carbons (Fsp3) is 0.238. The van der Waals surface area contributed by atoms with E-state index in [9.17, 15) is 13.2 Å². The van der Waals surface area contributed by atoms with Gasteiger partial charge in [0, 0.05) is 22.7 Å². The summed E-state index contributed by atoms with van der Waals surface area (Å²) in [5, 5.41) is 7.94. The quantitative estimate of drug-likeness (QED) is 0.409. The van der Waals surface area contributed by atoms with Gasteiger partial charge in [0.15, 0.2) is 16.5 Å². The van der Waals surface area contributed by atoms with Crippen molar-refractivity contribution in [2.45, 2.75) is 26.1 Å². The van der Waals surface area contributed by atoms with Crippen LogP contribution in [0.4, 0.5) is 13.2 Å². The summed E-state index contributed by atoms with van der Waals surface area (Å²) in [6, 6.07) is 8.95. The molecule has 0 aliphatic carbocycles. The standard InChI is InChI=1S/C21H18F3N5O2S/c1-3-15-14(9-25-29-15)16-8-18(31-10-12-4-6-13(30-2)7-5-12)28-19(26-16)20-27-17(11-32-20)21(22,23)24/h4-9,11H,3,10H2,1-2H3,(H,25,29). The lowest BCUT2D eigenvalue weighted by Crippen LogP contribution is -2.05. The van der Waals surface area contributed by atoms with Crippen LogP contribution in [0.1, 0.15) is 23.9 Å². The molecule has 0 unspecified atom stereocenters. The van der Waals surface area contributed by atoms with Gasteiger partial charge in [-0.15, -0.1) is 11.3 Å². The summed E-state index contributed by atoms with van der Waals surface area (Å²) in [6.45, 7) is 2.16. The maximum Gasteiger partial charge on any atom is 0.434 e. The number of methoxy groups -OCH3 is 1. The lowest BCUT2D eigenvalue weighted by molar-refractivity contribution is -0.140. The molecule has 1 aromatic carbocycles. The molecule has 4 aromatic rings. The van der Waals surface area contributed by atoms with Crippen molar-refractivity contribution in [2.24, 2.45) is 0 Å². The maximum atomic E-state index is 13.0. The zero-order valence-electron chi connectivity index (χ0n) is 17.1. The van der Waals surface area contributed by atoms with E-state index in [4.69, 9.17) is 9.47 Å². The Labute approximate surface area is 185 Å². The molecule has 1 N–H and O–H groups in total. The molecule has 3 aromatic heterocycles. The monoisotopic (exact) mass is 461 g/mol. The highest BCUT2D eigenvalue weighted by atomic mass is 32.1. The fourth-order valence-electron chi connectivity index (χ4n) is 2.92. The van der Waals surface area contributed by atoms with Gasteiger partial charge in [0.1, 0.15) is 12.4 Å². The zero-order valence-corrected chi connectivity index (χ0v) is 17.9. The van der Waals surface area contributed by atoms with Gasteiger partial charge < -0.3 is 9.47 Å². The summed E-state index contributed by atoms with van der Waals surface area (Å²) in [5.41, 5.74) is 1.93. The number of alkyl halides is 3. The number of ether oxygens (including phenoxy) is 2. The van der Waals surface area contributed by atoms with E-state index in [0.717, 1.165) is 39.3 Å². The van der Waals surface area contributed by atoms with E-state index in [0.29, 0.717) is 12.1 Å². The molecule has 0 saturated heterocycles. The average molecular weight is 461 g/mol. The van der Waals surface area contributed by atoms with Gasteiger partial charge in [-0.3, -0.25) is 5.10 Å². The Morgan fingerprint density at radius 3 is 2.53 bits per heavy atom. The van der Waals surface area contributed by atoms with Crippen LogP contribution in [0, 0.1) is 0 Å². The number of aromatic nitrogens is 5. The zero-order chi connectivity index (χ0) is 22.7. The van der Waals surface area contributed by atoms with Crippen molar-refractivity contribution in [3.63, 3.8) is 0 Å². The highest BCUT2D eigenvalue weighted by molar-refractivity contribution is 7.13. The molecule has 0 saturated carbocycles. The molecule has 0 aliphatic heterocycles. The van der Waals surface area contributed by atoms with E-state index in [1.165, 1.54) is 0 Å². The molecule has 7 nitrogen and oxygen atoms in total. The molecule has 0 amide bonds. The first kappa shape index (κ1) is 21.8. The van der Waals surface area contributed by atoms with E-state index in [1.807, 2.05) is 31.2 Å². The Kier molecular flexibility index (Phi) is 6.08. The lowest BCUT2D eigenvalue weighted by Gasteiger charge is -2.09. The van der Waals surface area contributed by atoms with Gasteiger partial charge in [-0.2, -0.15) is 23.3 Å². The number of nitrogens with one attached hydrogen (secondary N) is 1. The number of aryl methyl sites for hydroxylation is 1. The Balaban J connectivity index is 1.69. The second kappa shape index (κ2) is 8.95. The summed E-state index contributed by atoms with van der Waals surface area (Å²) >= 11 is 0.824. The minimum Gasteiger partial charge on any atom is -0.497 e. The van der Waals surface area contributed by atoms with Gasteiger partial charge in [0.2, 0.25) is 5.88 Å². The summed E-state index contributed by atoms with van der Waals surface area (Å²) in [4.78, 5) is 12.4. The molecule has 11 heteroatoms. The van der Waals surface area contributed by atoms with Crippen LogP contribution < -0.4 is 9.47 Å². The lowest BCUT2D eigenvalue weighted by atomic mass is 10.1. The first-order chi connectivity index (χ1) is 15.4. The number of aromatic amines is 1. The second-order valence-electron chi connectivity index (χ2n) is 6.70. The normalized spacial score (nSPS) is 11.5. The Morgan fingerprint density at radius 1 is 1.09 bits per heavy atom. The predicted molar refractivity (Wildman–Crippen MR) is 112 cm³/mol. The smallest absolute Gasteiger partial charge is 0.434 e. The third-order valence-electron chi connectivity index (χ3n) is 4.58. The third-order valence-corrected chi connectivity index (χ3v) is 5.42. The van der Waals surface area contributed by atoms with Crippen LogP contribution in [-0.4, -0.2) is 32.3 Å². The fourth-order valence-corrected chi connectivity index (χ4v) is 3.68. The third kappa shape index (κ3) is 4.72. The van der Waals surface area contributed by atoms with Crippen LogP contribution in [0.3, 0.4) is 0 Å². The number of nitrogens with zero attached hydrogens (tertiary/aromatic N) is 4. The molecule has 0 fully saturated rings. The molecule has 0 spiro atoms. The molecular weight excluding hydrogens is 443 g/mol. The van der Waals surface area contributed by atoms with Gasteiger partial charge in [-0.25, -0.2) is 9.97 Å². The number of hydrogen-bond donors (Lipinski definition) is 1. The van der Waals surface area contributed by atoms with E-state index in [1.54, 1.807) is 19.4 Å². The Hall–Kier alpha value is -3.47. The van der Waals surface area contributed by atoms with E-state index in [-0.39, 0.29) is 23.3 Å². The number of thiazole rings is 1. The van der Waals surface area contributed by atoms with Crippen molar-refractivity contribution in [1.82, 2.24) is 25.1 Å². The molecule has 3 heterocycles. The van der Waals surface area contributed by atoms with E-state index >= 15 is 0 Å². The molecule has 0 bridgehead atoms. The minimum atomic E-state index is -4.54. The molecule has 0 atom stereocenters. The van der Waals surface area contributed by atoms with E-state index in [2.05, 4.69) is 25.1 Å². The van der Waals surface area contributed by atoms with Crippen molar-refractivity contribution < 1.29 is 22.6 Å². The molecule has 166 valence electrons. The Bertz CT molecular complexity index is 1200. The summed E-state index contributed by atoms with van der Waals surface area (Å²) in [5.74, 6) is 0.987. The SMILES string of the molecule is CCc1[nH]ncc1-c1cc(OCc2ccc(OC)cc2)nc(-c2nc(C(F)(F)F)cs2)n1. The van der Waals surface area contributed by atoms with Crippen LogP contribution >= 0.6 is 11.3 Å².